The molecule has 0 fully saturated rings. The summed E-state index contributed by atoms with van der Waals surface area (Å²) in [5, 5.41) is 0. The summed E-state index contributed by atoms with van der Waals surface area (Å²) in [6.07, 6.45) is 2.20. The lowest BCUT2D eigenvalue weighted by Gasteiger charge is -2.45. The van der Waals surface area contributed by atoms with Crippen LogP contribution < -0.4 is 4.90 Å². The minimum absolute atomic E-state index is 0.152. The van der Waals surface area contributed by atoms with Crippen molar-refractivity contribution in [2.75, 3.05) is 4.90 Å². The van der Waals surface area contributed by atoms with Crippen molar-refractivity contribution >= 4 is 37.6 Å². The van der Waals surface area contributed by atoms with Crippen LogP contribution in [-0.4, -0.2) is 4.57 Å². The molecule has 0 aliphatic carbocycles. The van der Waals surface area contributed by atoms with E-state index in [9.17, 15) is 0 Å². The van der Waals surface area contributed by atoms with E-state index in [1.807, 2.05) is 0 Å². The van der Waals surface area contributed by atoms with Gasteiger partial charge in [-0.25, -0.2) is 0 Å². The van der Waals surface area contributed by atoms with Crippen molar-refractivity contribution in [3.8, 4) is 5.69 Å². The van der Waals surface area contributed by atoms with Crippen LogP contribution in [0.3, 0.4) is 0 Å². The van der Waals surface area contributed by atoms with E-state index in [-0.39, 0.29) is 6.04 Å². The number of fused-ring (bicyclic) bond motifs is 8. The van der Waals surface area contributed by atoms with Crippen LogP contribution in [0.25, 0.3) is 15.0 Å². The molecule has 1 unspecified atom stereocenters. The SMILES string of the molecule is Cc1cc2c(cc1C)-n1cccc1C1c3ccccc3C(I)=C(c3ccccc3)N21. The van der Waals surface area contributed by atoms with E-state index in [2.05, 4.69) is 131 Å². The molecule has 3 heterocycles. The third kappa shape index (κ3) is 2.42. The smallest absolute Gasteiger partial charge is 0.101 e. The second kappa shape index (κ2) is 6.61. The van der Waals surface area contributed by atoms with Crippen LogP contribution in [0.2, 0.25) is 0 Å². The van der Waals surface area contributed by atoms with E-state index in [4.69, 9.17) is 0 Å². The van der Waals surface area contributed by atoms with Crippen LogP contribution in [0.15, 0.2) is 85.1 Å². The quantitative estimate of drug-likeness (QED) is 0.250. The summed E-state index contributed by atoms with van der Waals surface area (Å²) < 4.78 is 3.68. The Bertz CT molecular complexity index is 1330. The highest BCUT2D eigenvalue weighted by Gasteiger charge is 2.40. The first-order valence-corrected chi connectivity index (χ1v) is 11.4. The Morgan fingerprint density at radius 3 is 2.27 bits per heavy atom. The molecule has 0 amide bonds. The van der Waals surface area contributed by atoms with Gasteiger partial charge in [0.25, 0.3) is 0 Å². The molecule has 0 bridgehead atoms. The third-order valence-electron chi connectivity index (χ3n) is 6.42. The largest absolute Gasteiger partial charge is 0.325 e. The molecule has 2 nitrogen and oxygen atoms in total. The lowest BCUT2D eigenvalue weighted by molar-refractivity contribution is 0.726. The first kappa shape index (κ1) is 18.0. The highest BCUT2D eigenvalue weighted by Crippen LogP contribution is 2.54. The zero-order chi connectivity index (χ0) is 20.4. The van der Waals surface area contributed by atoms with Crippen LogP contribution in [-0.2, 0) is 0 Å². The van der Waals surface area contributed by atoms with Crippen molar-refractivity contribution in [1.82, 2.24) is 4.57 Å². The maximum absolute atomic E-state index is 2.57. The molecule has 0 radical (unpaired) electrons. The third-order valence-corrected chi connectivity index (χ3v) is 7.51. The Balaban J connectivity index is 1.75. The van der Waals surface area contributed by atoms with Crippen LogP contribution in [0, 0.1) is 13.8 Å². The number of aromatic nitrogens is 1. The Hall–Kier alpha value is -2.79. The molecule has 4 aromatic rings. The maximum atomic E-state index is 2.57. The van der Waals surface area contributed by atoms with Gasteiger partial charge in [0.05, 0.1) is 22.8 Å². The molecule has 1 aromatic heterocycles. The molecule has 2 aliphatic heterocycles. The average Bonchev–Trinajstić information content (AvgIpc) is 3.26. The summed E-state index contributed by atoms with van der Waals surface area (Å²) in [6.45, 7) is 4.42. The molecule has 3 aromatic carbocycles. The number of hydrogen-bond donors (Lipinski definition) is 0. The predicted molar refractivity (Wildman–Crippen MR) is 133 cm³/mol. The zero-order valence-corrected chi connectivity index (χ0v) is 19.1. The number of rotatable bonds is 1. The van der Waals surface area contributed by atoms with Crippen LogP contribution in [0.1, 0.15) is 39.6 Å². The fourth-order valence-corrected chi connectivity index (χ4v) is 5.92. The number of anilines is 1. The molecular weight excluding hydrogens is 479 g/mol. The number of hydrogen-bond acceptors (Lipinski definition) is 1. The van der Waals surface area contributed by atoms with Crippen molar-refractivity contribution in [2.24, 2.45) is 0 Å². The molecule has 2 aliphatic rings. The van der Waals surface area contributed by atoms with E-state index >= 15 is 0 Å². The molecule has 1 atom stereocenters. The van der Waals surface area contributed by atoms with Crippen molar-refractivity contribution in [3.63, 3.8) is 0 Å². The van der Waals surface area contributed by atoms with Crippen molar-refractivity contribution in [3.05, 3.63) is 119 Å². The normalized spacial score (nSPS) is 16.6. The van der Waals surface area contributed by atoms with Crippen molar-refractivity contribution < 1.29 is 0 Å². The first-order chi connectivity index (χ1) is 14.6. The average molecular weight is 500 g/mol. The Kier molecular flexibility index (Phi) is 3.97. The second-order valence-corrected chi connectivity index (χ2v) is 9.20. The molecular formula is C27H21IN2. The molecule has 0 saturated carbocycles. The van der Waals surface area contributed by atoms with Gasteiger partial charge in [0.2, 0.25) is 0 Å². The topological polar surface area (TPSA) is 8.17 Å². The van der Waals surface area contributed by atoms with E-state index < -0.39 is 0 Å². The standard InChI is InChI=1S/C27H21IN2/c1-17-15-23-24(16-18(17)2)30-26(19-9-4-3-5-10-19)25(28)20-11-6-7-12-21(20)27(30)22-13-8-14-29(22)23/h3-16,27H,1-2H3. The summed E-state index contributed by atoms with van der Waals surface area (Å²) >= 11 is 2.55. The van der Waals surface area contributed by atoms with Gasteiger partial charge in [-0.2, -0.15) is 0 Å². The van der Waals surface area contributed by atoms with E-state index in [0.29, 0.717) is 0 Å². The minimum atomic E-state index is 0.152. The number of halogens is 1. The van der Waals surface area contributed by atoms with Gasteiger partial charge >= 0.3 is 0 Å². The van der Waals surface area contributed by atoms with Gasteiger partial charge < -0.3 is 9.47 Å². The van der Waals surface area contributed by atoms with Gasteiger partial charge in [0.1, 0.15) is 6.04 Å². The van der Waals surface area contributed by atoms with Gasteiger partial charge in [0.15, 0.2) is 0 Å². The van der Waals surface area contributed by atoms with E-state index in [1.54, 1.807) is 0 Å². The summed E-state index contributed by atoms with van der Waals surface area (Å²) in [5.74, 6) is 0. The van der Waals surface area contributed by atoms with Crippen molar-refractivity contribution in [1.29, 1.82) is 0 Å². The maximum Gasteiger partial charge on any atom is 0.101 e. The zero-order valence-electron chi connectivity index (χ0n) is 16.9. The summed E-state index contributed by atoms with van der Waals surface area (Å²) in [4.78, 5) is 2.57. The summed E-state index contributed by atoms with van der Waals surface area (Å²) in [7, 11) is 0. The molecule has 0 saturated heterocycles. The Morgan fingerprint density at radius 2 is 1.47 bits per heavy atom. The van der Waals surface area contributed by atoms with E-state index in [1.165, 1.54) is 54.2 Å². The fraction of sp³-hybridized carbons (Fsp3) is 0.111. The molecule has 146 valence electrons. The molecule has 3 heteroatoms. The van der Waals surface area contributed by atoms with Crippen LogP contribution >= 0.6 is 22.6 Å². The van der Waals surface area contributed by atoms with Gasteiger partial charge in [0, 0.05) is 9.78 Å². The van der Waals surface area contributed by atoms with Gasteiger partial charge in [-0.15, -0.1) is 0 Å². The molecule has 0 spiro atoms. The Labute approximate surface area is 190 Å². The van der Waals surface area contributed by atoms with E-state index in [0.717, 1.165) is 0 Å². The number of aryl methyl sites for hydroxylation is 2. The first-order valence-electron chi connectivity index (χ1n) is 10.3. The summed E-state index contributed by atoms with van der Waals surface area (Å²) in [6, 6.07) is 29.0. The number of nitrogens with zero attached hydrogens (tertiary/aromatic N) is 2. The van der Waals surface area contributed by atoms with Crippen molar-refractivity contribution in [2.45, 2.75) is 19.9 Å². The lowest BCUT2D eigenvalue weighted by Crippen LogP contribution is -2.37. The molecule has 6 rings (SSSR count). The van der Waals surface area contributed by atoms with Crippen LogP contribution in [0.4, 0.5) is 5.69 Å². The second-order valence-electron chi connectivity index (χ2n) is 8.12. The van der Waals surface area contributed by atoms with Gasteiger partial charge in [-0.1, -0.05) is 54.6 Å². The molecule has 0 N–H and O–H groups in total. The fourth-order valence-electron chi connectivity index (χ4n) is 4.86. The van der Waals surface area contributed by atoms with Crippen LogP contribution in [0.5, 0.6) is 0 Å². The van der Waals surface area contributed by atoms with Gasteiger partial charge in [-0.3, -0.25) is 0 Å². The summed E-state index contributed by atoms with van der Waals surface area (Å²) in [5.41, 5.74) is 11.7. The number of benzene rings is 3. The predicted octanol–water partition coefficient (Wildman–Crippen LogP) is 7.28. The minimum Gasteiger partial charge on any atom is -0.325 e. The highest BCUT2D eigenvalue weighted by molar-refractivity contribution is 14.1. The Morgan fingerprint density at radius 1 is 0.767 bits per heavy atom. The lowest BCUT2D eigenvalue weighted by atomic mass is 9.87. The highest BCUT2D eigenvalue weighted by atomic mass is 127. The monoisotopic (exact) mass is 500 g/mol. The molecule has 30 heavy (non-hydrogen) atoms. The van der Waals surface area contributed by atoms with Gasteiger partial charge in [-0.05, 0) is 88.5 Å².